The van der Waals surface area contributed by atoms with Crippen LogP contribution in [0.2, 0.25) is 0 Å². The van der Waals surface area contributed by atoms with Gasteiger partial charge in [0.05, 0.1) is 14.2 Å². The van der Waals surface area contributed by atoms with Gasteiger partial charge in [0.15, 0.2) is 5.78 Å². The van der Waals surface area contributed by atoms with Gasteiger partial charge in [-0.1, -0.05) is 11.6 Å². The number of carbonyl (C=O) groups is 2. The Labute approximate surface area is 157 Å². The lowest BCUT2D eigenvalue weighted by atomic mass is 9.93. The van der Waals surface area contributed by atoms with E-state index in [0.29, 0.717) is 28.3 Å². The summed E-state index contributed by atoms with van der Waals surface area (Å²) < 4.78 is 10.6. The fourth-order valence-electron chi connectivity index (χ4n) is 3.17. The molecule has 0 radical (unpaired) electrons. The highest BCUT2D eigenvalue weighted by Gasteiger charge is 2.28. The zero-order valence-corrected chi connectivity index (χ0v) is 15.5. The summed E-state index contributed by atoms with van der Waals surface area (Å²) in [5.41, 5.74) is 3.38. The monoisotopic (exact) mass is 367 g/mol. The molecule has 6 heteroatoms. The van der Waals surface area contributed by atoms with Crippen LogP contribution in [0.4, 0.5) is 5.69 Å². The van der Waals surface area contributed by atoms with Crippen LogP contribution >= 0.6 is 0 Å². The van der Waals surface area contributed by atoms with Gasteiger partial charge in [0.2, 0.25) is 0 Å². The first kappa shape index (κ1) is 18.5. The van der Waals surface area contributed by atoms with Crippen molar-refractivity contribution in [2.45, 2.75) is 6.92 Å². The summed E-state index contributed by atoms with van der Waals surface area (Å²) in [7, 11) is 3.12. The number of benzene rings is 2. The molecule has 0 amide bonds. The van der Waals surface area contributed by atoms with Crippen LogP contribution in [-0.2, 0) is 4.79 Å². The second-order valence-corrected chi connectivity index (χ2v) is 6.42. The number of carbonyl (C=O) groups excluding carboxylic acids is 1. The van der Waals surface area contributed by atoms with E-state index in [0.717, 1.165) is 11.1 Å². The predicted molar refractivity (Wildman–Crippen MR) is 103 cm³/mol. The fourth-order valence-corrected chi connectivity index (χ4v) is 3.17. The van der Waals surface area contributed by atoms with Crippen molar-refractivity contribution in [2.24, 2.45) is 0 Å². The van der Waals surface area contributed by atoms with E-state index in [4.69, 9.17) is 9.47 Å². The van der Waals surface area contributed by atoms with Gasteiger partial charge in [0.25, 0.3) is 0 Å². The average Bonchev–Trinajstić information content (AvgIpc) is 2.64. The third kappa shape index (κ3) is 3.95. The Morgan fingerprint density at radius 3 is 2.41 bits per heavy atom. The zero-order valence-electron chi connectivity index (χ0n) is 15.5. The molecule has 0 atom stereocenters. The van der Waals surface area contributed by atoms with Crippen molar-refractivity contribution in [1.29, 1.82) is 0 Å². The van der Waals surface area contributed by atoms with Crippen molar-refractivity contribution in [3.8, 4) is 11.5 Å². The molecule has 1 aliphatic rings. The van der Waals surface area contributed by atoms with Crippen LogP contribution < -0.4 is 14.4 Å². The van der Waals surface area contributed by atoms with Crippen LogP contribution in [0.25, 0.3) is 6.08 Å². The van der Waals surface area contributed by atoms with Gasteiger partial charge in [-0.3, -0.25) is 9.59 Å². The minimum absolute atomic E-state index is 0.0999. The number of methoxy groups -OCH3 is 2. The van der Waals surface area contributed by atoms with E-state index in [1.807, 2.05) is 13.0 Å². The molecule has 0 saturated carbocycles. The second kappa shape index (κ2) is 7.53. The standard InChI is InChI=1S/C21H21NO5/c1-13-4-5-19-18(6-13)21(25)15(11-22(19)12-20(23)24)7-14-8-16(26-2)10-17(9-14)27-3/h4-10H,11-12H2,1-3H3,(H,23,24)/b15-7+. The Hall–Kier alpha value is -3.28. The van der Waals surface area contributed by atoms with Crippen molar-refractivity contribution in [3.63, 3.8) is 0 Å². The predicted octanol–water partition coefficient (Wildman–Crippen LogP) is 3.18. The molecule has 0 saturated heterocycles. The van der Waals surface area contributed by atoms with E-state index in [1.54, 1.807) is 55.5 Å². The minimum atomic E-state index is -0.946. The van der Waals surface area contributed by atoms with Gasteiger partial charge >= 0.3 is 5.97 Å². The van der Waals surface area contributed by atoms with E-state index in [-0.39, 0.29) is 18.9 Å². The number of aryl methyl sites for hydroxylation is 1. The molecule has 0 bridgehead atoms. The molecule has 1 heterocycles. The summed E-state index contributed by atoms with van der Waals surface area (Å²) >= 11 is 0. The molecule has 2 aromatic rings. The van der Waals surface area contributed by atoms with Gasteiger partial charge in [-0.2, -0.15) is 0 Å². The lowest BCUT2D eigenvalue weighted by Gasteiger charge is -2.31. The van der Waals surface area contributed by atoms with Gasteiger partial charge in [0.1, 0.15) is 18.0 Å². The lowest BCUT2D eigenvalue weighted by molar-refractivity contribution is -0.135. The summed E-state index contributed by atoms with van der Waals surface area (Å²) in [6.45, 7) is 1.95. The van der Waals surface area contributed by atoms with Gasteiger partial charge in [0, 0.05) is 29.4 Å². The van der Waals surface area contributed by atoms with E-state index >= 15 is 0 Å². The summed E-state index contributed by atoms with van der Waals surface area (Å²) in [6, 6.07) is 10.8. The molecule has 0 aliphatic carbocycles. The first-order chi connectivity index (χ1) is 12.9. The molecule has 1 N–H and O–H groups in total. The van der Waals surface area contributed by atoms with Crippen LogP contribution in [0.1, 0.15) is 21.5 Å². The Morgan fingerprint density at radius 2 is 1.81 bits per heavy atom. The van der Waals surface area contributed by atoms with Crippen molar-refractivity contribution in [2.75, 3.05) is 32.2 Å². The number of hydrogen-bond acceptors (Lipinski definition) is 5. The molecule has 0 fully saturated rings. The quantitative estimate of drug-likeness (QED) is 0.818. The van der Waals surface area contributed by atoms with Gasteiger partial charge < -0.3 is 19.5 Å². The molecule has 2 aromatic carbocycles. The van der Waals surface area contributed by atoms with Crippen molar-refractivity contribution < 1.29 is 24.2 Å². The molecular formula is C21H21NO5. The maximum Gasteiger partial charge on any atom is 0.323 e. The molecular weight excluding hydrogens is 346 g/mol. The molecule has 6 nitrogen and oxygen atoms in total. The Kier molecular flexibility index (Phi) is 5.16. The number of fused-ring (bicyclic) bond motifs is 1. The number of rotatable bonds is 5. The normalized spacial score (nSPS) is 14.9. The lowest BCUT2D eigenvalue weighted by Crippen LogP contribution is -2.37. The first-order valence-electron chi connectivity index (χ1n) is 8.47. The number of ketones is 1. The first-order valence-corrected chi connectivity index (χ1v) is 8.47. The number of hydrogen-bond donors (Lipinski definition) is 1. The van der Waals surface area contributed by atoms with Crippen molar-refractivity contribution in [3.05, 3.63) is 58.7 Å². The van der Waals surface area contributed by atoms with Crippen LogP contribution in [0.3, 0.4) is 0 Å². The van der Waals surface area contributed by atoms with Crippen molar-refractivity contribution >= 4 is 23.5 Å². The van der Waals surface area contributed by atoms with Crippen LogP contribution in [0, 0.1) is 6.92 Å². The number of carboxylic acids is 1. The molecule has 1 aliphatic heterocycles. The molecule has 27 heavy (non-hydrogen) atoms. The Balaban J connectivity index is 2.07. The van der Waals surface area contributed by atoms with Crippen LogP contribution in [-0.4, -0.2) is 44.2 Å². The number of carboxylic acid groups (broad SMARTS) is 1. The van der Waals surface area contributed by atoms with E-state index in [2.05, 4.69) is 0 Å². The number of ether oxygens (including phenoxy) is 2. The van der Waals surface area contributed by atoms with E-state index in [9.17, 15) is 14.7 Å². The molecule has 0 aromatic heterocycles. The van der Waals surface area contributed by atoms with Gasteiger partial charge in [-0.25, -0.2) is 0 Å². The van der Waals surface area contributed by atoms with Crippen LogP contribution in [0.5, 0.6) is 11.5 Å². The summed E-state index contributed by atoms with van der Waals surface area (Å²) in [5, 5.41) is 9.25. The number of aliphatic carboxylic acids is 1. The number of anilines is 1. The summed E-state index contributed by atoms with van der Waals surface area (Å²) in [5.74, 6) is 0.182. The molecule has 140 valence electrons. The summed E-state index contributed by atoms with van der Waals surface area (Å²) in [4.78, 5) is 26.0. The zero-order chi connectivity index (χ0) is 19.6. The van der Waals surface area contributed by atoms with E-state index in [1.165, 1.54) is 0 Å². The minimum Gasteiger partial charge on any atom is -0.497 e. The SMILES string of the molecule is COc1cc(/C=C2\CN(CC(=O)O)c3ccc(C)cc3C2=O)cc(OC)c1. The largest absolute Gasteiger partial charge is 0.497 e. The number of Topliss-reactive ketones (excluding diaryl/α,β-unsaturated/α-hetero) is 1. The maximum atomic E-state index is 13.0. The fraction of sp³-hybridized carbons (Fsp3) is 0.238. The third-order valence-electron chi connectivity index (χ3n) is 4.43. The smallest absolute Gasteiger partial charge is 0.323 e. The average molecular weight is 367 g/mol. The summed E-state index contributed by atoms with van der Waals surface area (Å²) in [6.07, 6.45) is 1.76. The molecule has 3 rings (SSSR count). The van der Waals surface area contributed by atoms with Crippen molar-refractivity contribution in [1.82, 2.24) is 0 Å². The second-order valence-electron chi connectivity index (χ2n) is 6.42. The topological polar surface area (TPSA) is 76.1 Å². The highest BCUT2D eigenvalue weighted by atomic mass is 16.5. The van der Waals surface area contributed by atoms with E-state index < -0.39 is 5.97 Å². The highest BCUT2D eigenvalue weighted by Crippen LogP contribution is 2.32. The number of nitrogens with zero attached hydrogens (tertiary/aromatic N) is 1. The highest BCUT2D eigenvalue weighted by molar-refractivity contribution is 6.17. The van der Waals surface area contributed by atoms with Gasteiger partial charge in [-0.05, 0) is 42.8 Å². The molecule has 0 unspecified atom stereocenters. The Bertz CT molecular complexity index is 910. The maximum absolute atomic E-state index is 13.0. The van der Waals surface area contributed by atoms with Crippen LogP contribution in [0.15, 0.2) is 42.0 Å². The Morgan fingerprint density at radius 1 is 1.15 bits per heavy atom. The van der Waals surface area contributed by atoms with Gasteiger partial charge in [-0.15, -0.1) is 0 Å². The molecule has 0 spiro atoms. The third-order valence-corrected chi connectivity index (χ3v) is 4.43.